The number of nitrogens with one attached hydrogen (secondary N) is 2. The van der Waals surface area contributed by atoms with E-state index in [1.807, 2.05) is 0 Å². The normalized spacial score (nSPS) is 13.3. The SMILES string of the molecule is COC(=O)c1cccc(NC(=O)c2cncc(NC3CC3)c2)c1. The van der Waals surface area contributed by atoms with Crippen molar-refractivity contribution in [2.24, 2.45) is 0 Å². The van der Waals surface area contributed by atoms with Gasteiger partial charge in [0.2, 0.25) is 0 Å². The maximum absolute atomic E-state index is 12.3. The molecule has 1 fully saturated rings. The third-order valence-corrected chi connectivity index (χ3v) is 3.49. The monoisotopic (exact) mass is 311 g/mol. The minimum atomic E-state index is -0.446. The van der Waals surface area contributed by atoms with Gasteiger partial charge in [-0.25, -0.2) is 4.79 Å². The Hall–Kier alpha value is -2.89. The predicted molar refractivity (Wildman–Crippen MR) is 86.6 cm³/mol. The van der Waals surface area contributed by atoms with Crippen molar-refractivity contribution in [3.63, 3.8) is 0 Å². The van der Waals surface area contributed by atoms with Crippen LogP contribution < -0.4 is 10.6 Å². The van der Waals surface area contributed by atoms with Crippen molar-refractivity contribution in [3.8, 4) is 0 Å². The summed E-state index contributed by atoms with van der Waals surface area (Å²) in [5, 5.41) is 6.06. The topological polar surface area (TPSA) is 80.3 Å². The van der Waals surface area contributed by atoms with Crippen molar-refractivity contribution in [1.29, 1.82) is 0 Å². The molecule has 3 rings (SSSR count). The van der Waals surface area contributed by atoms with E-state index in [1.54, 1.807) is 36.5 Å². The van der Waals surface area contributed by atoms with Crippen LogP contribution in [0.1, 0.15) is 33.6 Å². The lowest BCUT2D eigenvalue weighted by Gasteiger charge is -2.08. The number of hydrogen-bond acceptors (Lipinski definition) is 5. The largest absolute Gasteiger partial charge is 0.465 e. The van der Waals surface area contributed by atoms with Gasteiger partial charge in [0.05, 0.1) is 23.9 Å². The molecule has 2 aromatic rings. The highest BCUT2D eigenvalue weighted by atomic mass is 16.5. The quantitative estimate of drug-likeness (QED) is 0.830. The summed E-state index contributed by atoms with van der Waals surface area (Å²) in [7, 11) is 1.32. The van der Waals surface area contributed by atoms with Gasteiger partial charge in [-0.1, -0.05) is 6.07 Å². The Morgan fingerprint density at radius 1 is 1.13 bits per heavy atom. The number of carbonyl (C=O) groups is 2. The highest BCUT2D eigenvalue weighted by Crippen LogP contribution is 2.24. The van der Waals surface area contributed by atoms with Gasteiger partial charge in [-0.2, -0.15) is 0 Å². The van der Waals surface area contributed by atoms with Crippen LogP contribution in [-0.2, 0) is 4.74 Å². The number of pyridine rings is 1. The highest BCUT2D eigenvalue weighted by Gasteiger charge is 2.21. The van der Waals surface area contributed by atoms with E-state index < -0.39 is 5.97 Å². The molecule has 1 amide bonds. The molecule has 0 spiro atoms. The Morgan fingerprint density at radius 3 is 2.65 bits per heavy atom. The Kier molecular flexibility index (Phi) is 4.23. The Bertz CT molecular complexity index is 741. The molecule has 0 radical (unpaired) electrons. The molecule has 0 unspecified atom stereocenters. The van der Waals surface area contributed by atoms with Gasteiger partial charge in [0.1, 0.15) is 0 Å². The van der Waals surface area contributed by atoms with Crippen LogP contribution >= 0.6 is 0 Å². The van der Waals surface area contributed by atoms with Crippen molar-refractivity contribution in [3.05, 3.63) is 53.9 Å². The summed E-state index contributed by atoms with van der Waals surface area (Å²) < 4.78 is 4.67. The molecular weight excluding hydrogens is 294 g/mol. The number of carbonyl (C=O) groups excluding carboxylic acids is 2. The van der Waals surface area contributed by atoms with Gasteiger partial charge in [-0.15, -0.1) is 0 Å². The van der Waals surface area contributed by atoms with Gasteiger partial charge in [0.15, 0.2) is 0 Å². The molecule has 1 heterocycles. The minimum Gasteiger partial charge on any atom is -0.465 e. The number of benzene rings is 1. The number of rotatable bonds is 5. The van der Waals surface area contributed by atoms with E-state index in [1.165, 1.54) is 13.3 Å². The average Bonchev–Trinajstić information content (AvgIpc) is 3.38. The fraction of sp³-hybridized carbons (Fsp3) is 0.235. The molecule has 0 saturated heterocycles. The van der Waals surface area contributed by atoms with Crippen LogP contribution in [0.25, 0.3) is 0 Å². The van der Waals surface area contributed by atoms with Gasteiger partial charge >= 0.3 is 5.97 Å². The number of amides is 1. The van der Waals surface area contributed by atoms with Crippen molar-refractivity contribution >= 4 is 23.3 Å². The lowest BCUT2D eigenvalue weighted by molar-refractivity contribution is 0.0600. The zero-order valence-electron chi connectivity index (χ0n) is 12.7. The second-order valence-corrected chi connectivity index (χ2v) is 5.41. The zero-order chi connectivity index (χ0) is 16.2. The van der Waals surface area contributed by atoms with Crippen LogP contribution in [0.15, 0.2) is 42.7 Å². The number of aromatic nitrogens is 1. The van der Waals surface area contributed by atoms with E-state index in [0.29, 0.717) is 22.9 Å². The lowest BCUT2D eigenvalue weighted by atomic mass is 10.2. The fourth-order valence-electron chi connectivity index (χ4n) is 2.15. The third kappa shape index (κ3) is 3.85. The average molecular weight is 311 g/mol. The van der Waals surface area contributed by atoms with Crippen LogP contribution in [0.5, 0.6) is 0 Å². The molecule has 1 aliphatic rings. The van der Waals surface area contributed by atoms with Gasteiger partial charge in [0, 0.05) is 24.1 Å². The standard InChI is InChI=1S/C17H17N3O3/c1-23-17(22)11-3-2-4-14(7-11)20-16(21)12-8-15(10-18-9-12)19-13-5-6-13/h2-4,7-10,13,19H,5-6H2,1H3,(H,20,21). The summed E-state index contributed by atoms with van der Waals surface area (Å²) in [4.78, 5) is 27.9. The minimum absolute atomic E-state index is 0.279. The molecule has 1 aromatic carbocycles. The van der Waals surface area contributed by atoms with E-state index in [2.05, 4.69) is 20.4 Å². The van der Waals surface area contributed by atoms with Gasteiger partial charge in [0.25, 0.3) is 5.91 Å². The summed E-state index contributed by atoms with van der Waals surface area (Å²) in [6, 6.07) is 8.86. The van der Waals surface area contributed by atoms with Crippen molar-refractivity contribution in [2.75, 3.05) is 17.7 Å². The Labute approximate surface area is 133 Å². The van der Waals surface area contributed by atoms with Crippen LogP contribution in [0.2, 0.25) is 0 Å². The van der Waals surface area contributed by atoms with Crippen molar-refractivity contribution in [1.82, 2.24) is 4.98 Å². The summed E-state index contributed by atoms with van der Waals surface area (Å²) in [6.07, 6.45) is 5.51. The first-order valence-electron chi connectivity index (χ1n) is 7.37. The lowest BCUT2D eigenvalue weighted by Crippen LogP contribution is -2.13. The van der Waals surface area contributed by atoms with E-state index in [-0.39, 0.29) is 5.91 Å². The number of nitrogens with zero attached hydrogens (tertiary/aromatic N) is 1. The number of anilines is 2. The first-order valence-corrected chi connectivity index (χ1v) is 7.37. The number of methoxy groups -OCH3 is 1. The summed E-state index contributed by atoms with van der Waals surface area (Å²) in [5.41, 5.74) is 2.20. The third-order valence-electron chi connectivity index (χ3n) is 3.49. The molecule has 1 aliphatic carbocycles. The molecule has 0 bridgehead atoms. The van der Waals surface area contributed by atoms with Gasteiger partial charge < -0.3 is 15.4 Å². The Morgan fingerprint density at radius 2 is 1.91 bits per heavy atom. The van der Waals surface area contributed by atoms with Gasteiger partial charge in [-0.3, -0.25) is 9.78 Å². The first kappa shape index (κ1) is 15.0. The first-order chi connectivity index (χ1) is 11.2. The van der Waals surface area contributed by atoms with Crippen molar-refractivity contribution in [2.45, 2.75) is 18.9 Å². The van der Waals surface area contributed by atoms with Crippen LogP contribution in [0.3, 0.4) is 0 Å². The smallest absolute Gasteiger partial charge is 0.337 e. The maximum atomic E-state index is 12.3. The predicted octanol–water partition coefficient (Wildman–Crippen LogP) is 2.69. The van der Waals surface area contributed by atoms with E-state index in [0.717, 1.165) is 18.5 Å². The number of esters is 1. The zero-order valence-corrected chi connectivity index (χ0v) is 12.7. The number of hydrogen-bond donors (Lipinski definition) is 2. The molecule has 23 heavy (non-hydrogen) atoms. The van der Waals surface area contributed by atoms with Gasteiger partial charge in [-0.05, 0) is 37.1 Å². The molecule has 2 N–H and O–H groups in total. The molecule has 1 aromatic heterocycles. The van der Waals surface area contributed by atoms with E-state index >= 15 is 0 Å². The molecule has 6 nitrogen and oxygen atoms in total. The van der Waals surface area contributed by atoms with Crippen LogP contribution in [-0.4, -0.2) is 30.0 Å². The van der Waals surface area contributed by atoms with Crippen LogP contribution in [0, 0.1) is 0 Å². The highest BCUT2D eigenvalue weighted by molar-refractivity contribution is 6.05. The van der Waals surface area contributed by atoms with E-state index in [9.17, 15) is 9.59 Å². The molecule has 118 valence electrons. The summed E-state index contributed by atoms with van der Waals surface area (Å²) in [6.45, 7) is 0. The molecule has 1 saturated carbocycles. The second-order valence-electron chi connectivity index (χ2n) is 5.41. The van der Waals surface area contributed by atoms with Crippen LogP contribution in [0.4, 0.5) is 11.4 Å². The molecule has 0 atom stereocenters. The number of ether oxygens (including phenoxy) is 1. The summed E-state index contributed by atoms with van der Waals surface area (Å²) in [5.74, 6) is -0.725. The van der Waals surface area contributed by atoms with Crippen molar-refractivity contribution < 1.29 is 14.3 Å². The molecular formula is C17H17N3O3. The Balaban J connectivity index is 1.72. The summed E-state index contributed by atoms with van der Waals surface area (Å²) >= 11 is 0. The molecule has 0 aliphatic heterocycles. The second kappa shape index (κ2) is 6.48. The van der Waals surface area contributed by atoms with E-state index in [4.69, 9.17) is 0 Å². The fourth-order valence-corrected chi connectivity index (χ4v) is 2.15. The molecule has 6 heteroatoms. The maximum Gasteiger partial charge on any atom is 0.337 e.